The Bertz CT molecular complexity index is 1090. The Morgan fingerprint density at radius 2 is 0.671 bits per heavy atom. The van der Waals surface area contributed by atoms with Gasteiger partial charge >= 0.3 is 5.97 Å². The normalized spacial score (nSPS) is 12.7. The average molecular weight is 987 g/mol. The van der Waals surface area contributed by atoms with Crippen molar-refractivity contribution in [3.8, 4) is 0 Å². The Kier molecular flexibility index (Phi) is 58.5. The topological polar surface area (TPSA) is 95.9 Å². The third-order valence-electron chi connectivity index (χ3n) is 14.7. The van der Waals surface area contributed by atoms with Crippen LogP contribution in [0.4, 0.5) is 0 Å². The van der Waals surface area contributed by atoms with Crippen LogP contribution >= 0.6 is 0 Å². The molecule has 414 valence electrons. The van der Waals surface area contributed by atoms with Gasteiger partial charge in [0, 0.05) is 12.8 Å². The summed E-state index contributed by atoms with van der Waals surface area (Å²) >= 11 is 0. The van der Waals surface area contributed by atoms with E-state index in [1.165, 1.54) is 270 Å². The maximum absolute atomic E-state index is 12.4. The van der Waals surface area contributed by atoms with E-state index in [1.54, 1.807) is 0 Å². The largest absolute Gasteiger partial charge is 0.466 e. The molecule has 0 aliphatic carbocycles. The van der Waals surface area contributed by atoms with E-state index in [0.717, 1.165) is 44.9 Å². The number of amides is 1. The number of aliphatic hydroxyl groups excluding tert-OH is 2. The predicted molar refractivity (Wildman–Crippen MR) is 306 cm³/mol. The minimum Gasteiger partial charge on any atom is -0.466 e. The van der Waals surface area contributed by atoms with Gasteiger partial charge in [0.1, 0.15) is 0 Å². The molecule has 0 aromatic rings. The van der Waals surface area contributed by atoms with Gasteiger partial charge in [0.05, 0.1) is 25.4 Å². The Hall–Kier alpha value is -1.66. The van der Waals surface area contributed by atoms with Crippen molar-refractivity contribution in [2.45, 2.75) is 360 Å². The second kappa shape index (κ2) is 59.9. The molecule has 0 heterocycles. The van der Waals surface area contributed by atoms with Crippen LogP contribution in [0.3, 0.4) is 0 Å². The average Bonchev–Trinajstić information content (AvgIpc) is 3.36. The molecule has 0 aliphatic rings. The molecule has 0 radical (unpaired) electrons. The van der Waals surface area contributed by atoms with Crippen molar-refractivity contribution >= 4 is 11.9 Å². The molecule has 0 saturated heterocycles. The standard InChI is InChI=1S/C64H123NO5/c1-3-5-7-9-11-13-14-38-42-46-50-54-58-64(69)70-59-55-51-47-43-39-36-34-32-30-28-26-24-22-20-18-16-15-17-19-21-23-25-27-29-31-33-35-37-41-45-49-53-57-63(68)65-61(60-66)62(67)56-52-48-44-40-12-10-8-6-4-2/h11,13,18,20,61-62,66-67H,3-10,12,14-17,19,21-60H2,1-2H3,(H,65,68)/b13-11-,20-18-. The van der Waals surface area contributed by atoms with Gasteiger partial charge in [0.2, 0.25) is 5.91 Å². The summed E-state index contributed by atoms with van der Waals surface area (Å²) in [6.07, 6.45) is 73.6. The first kappa shape index (κ1) is 68.3. The van der Waals surface area contributed by atoms with Crippen molar-refractivity contribution in [1.29, 1.82) is 0 Å². The summed E-state index contributed by atoms with van der Waals surface area (Å²) in [5.74, 6) is -0.0255. The van der Waals surface area contributed by atoms with E-state index in [1.807, 2.05) is 0 Å². The van der Waals surface area contributed by atoms with Crippen LogP contribution in [0.1, 0.15) is 348 Å². The Morgan fingerprint density at radius 3 is 1.04 bits per heavy atom. The third-order valence-corrected chi connectivity index (χ3v) is 14.7. The Morgan fingerprint density at radius 1 is 0.386 bits per heavy atom. The van der Waals surface area contributed by atoms with Crippen molar-refractivity contribution in [2.75, 3.05) is 13.2 Å². The summed E-state index contributed by atoms with van der Waals surface area (Å²) in [4.78, 5) is 24.4. The van der Waals surface area contributed by atoms with Crippen molar-refractivity contribution in [2.24, 2.45) is 0 Å². The fraction of sp³-hybridized carbons (Fsp3) is 0.906. The molecule has 0 spiro atoms. The zero-order valence-corrected chi connectivity index (χ0v) is 47.3. The van der Waals surface area contributed by atoms with E-state index >= 15 is 0 Å². The zero-order chi connectivity index (χ0) is 50.7. The minimum absolute atomic E-state index is 0.00812. The number of carbonyl (C=O) groups is 2. The van der Waals surface area contributed by atoms with Gasteiger partial charge < -0.3 is 20.3 Å². The highest BCUT2D eigenvalue weighted by Crippen LogP contribution is 2.18. The molecule has 1 amide bonds. The summed E-state index contributed by atoms with van der Waals surface area (Å²) in [5, 5.41) is 23.1. The first-order chi connectivity index (χ1) is 34.5. The summed E-state index contributed by atoms with van der Waals surface area (Å²) in [5.41, 5.74) is 0. The van der Waals surface area contributed by atoms with Gasteiger partial charge in [0.25, 0.3) is 0 Å². The maximum atomic E-state index is 12.4. The van der Waals surface area contributed by atoms with Gasteiger partial charge in [-0.3, -0.25) is 9.59 Å². The zero-order valence-electron chi connectivity index (χ0n) is 47.3. The summed E-state index contributed by atoms with van der Waals surface area (Å²) in [6, 6.07) is -0.537. The first-order valence-electron chi connectivity index (χ1n) is 31.6. The van der Waals surface area contributed by atoms with E-state index in [0.29, 0.717) is 25.9 Å². The highest BCUT2D eigenvalue weighted by atomic mass is 16.5. The Labute approximate surface area is 437 Å². The molecule has 0 bridgehead atoms. The van der Waals surface area contributed by atoms with Crippen molar-refractivity contribution in [3.63, 3.8) is 0 Å². The van der Waals surface area contributed by atoms with Gasteiger partial charge in [-0.1, -0.05) is 282 Å². The molecule has 2 atom stereocenters. The van der Waals surface area contributed by atoms with E-state index in [9.17, 15) is 19.8 Å². The molecular weight excluding hydrogens is 863 g/mol. The van der Waals surface area contributed by atoms with Crippen LogP contribution in [-0.4, -0.2) is 47.4 Å². The lowest BCUT2D eigenvalue weighted by molar-refractivity contribution is -0.143. The molecule has 0 rings (SSSR count). The number of rotatable bonds is 59. The second-order valence-corrected chi connectivity index (χ2v) is 21.7. The van der Waals surface area contributed by atoms with Crippen molar-refractivity contribution in [3.05, 3.63) is 24.3 Å². The molecule has 3 N–H and O–H groups in total. The lowest BCUT2D eigenvalue weighted by Crippen LogP contribution is -2.45. The number of carbonyl (C=O) groups excluding carboxylic acids is 2. The Balaban J connectivity index is 3.32. The van der Waals surface area contributed by atoms with E-state index < -0.39 is 12.1 Å². The molecule has 6 heteroatoms. The minimum atomic E-state index is -0.659. The monoisotopic (exact) mass is 986 g/mol. The lowest BCUT2D eigenvalue weighted by Gasteiger charge is -2.22. The summed E-state index contributed by atoms with van der Waals surface area (Å²) in [7, 11) is 0. The highest BCUT2D eigenvalue weighted by Gasteiger charge is 2.20. The van der Waals surface area contributed by atoms with Crippen molar-refractivity contribution < 1.29 is 24.5 Å². The number of esters is 1. The summed E-state index contributed by atoms with van der Waals surface area (Å²) < 4.78 is 5.47. The first-order valence-corrected chi connectivity index (χ1v) is 31.6. The molecule has 0 fully saturated rings. The van der Waals surface area contributed by atoms with E-state index in [-0.39, 0.29) is 18.5 Å². The van der Waals surface area contributed by atoms with Crippen LogP contribution in [-0.2, 0) is 14.3 Å². The highest BCUT2D eigenvalue weighted by molar-refractivity contribution is 5.76. The van der Waals surface area contributed by atoms with Gasteiger partial charge in [-0.05, 0) is 77.0 Å². The number of aliphatic hydroxyl groups is 2. The van der Waals surface area contributed by atoms with Crippen LogP contribution in [0.5, 0.6) is 0 Å². The molecular formula is C64H123NO5. The molecule has 0 saturated carbocycles. The lowest BCUT2D eigenvalue weighted by atomic mass is 10.0. The molecule has 6 nitrogen and oxygen atoms in total. The third kappa shape index (κ3) is 55.7. The molecule has 2 unspecified atom stereocenters. The predicted octanol–water partition coefficient (Wildman–Crippen LogP) is 19.8. The van der Waals surface area contributed by atoms with Crippen molar-refractivity contribution in [1.82, 2.24) is 5.32 Å². The molecule has 0 aliphatic heterocycles. The molecule has 0 aromatic heterocycles. The van der Waals surface area contributed by atoms with Gasteiger partial charge in [0.15, 0.2) is 0 Å². The molecule has 70 heavy (non-hydrogen) atoms. The smallest absolute Gasteiger partial charge is 0.305 e. The second-order valence-electron chi connectivity index (χ2n) is 21.7. The fourth-order valence-electron chi connectivity index (χ4n) is 9.87. The number of allylic oxidation sites excluding steroid dienone is 4. The maximum Gasteiger partial charge on any atom is 0.305 e. The van der Waals surface area contributed by atoms with E-state index in [2.05, 4.69) is 43.5 Å². The molecule has 0 aromatic carbocycles. The van der Waals surface area contributed by atoms with Crippen LogP contribution < -0.4 is 5.32 Å². The van der Waals surface area contributed by atoms with Gasteiger partial charge in [-0.25, -0.2) is 0 Å². The quantitative estimate of drug-likeness (QED) is 0.0321. The summed E-state index contributed by atoms with van der Waals surface area (Å²) in [6.45, 7) is 4.92. The number of hydrogen-bond acceptors (Lipinski definition) is 5. The van der Waals surface area contributed by atoms with Crippen LogP contribution in [0, 0.1) is 0 Å². The van der Waals surface area contributed by atoms with Crippen LogP contribution in [0.25, 0.3) is 0 Å². The van der Waals surface area contributed by atoms with E-state index in [4.69, 9.17) is 4.74 Å². The van der Waals surface area contributed by atoms with Gasteiger partial charge in [-0.2, -0.15) is 0 Å². The van der Waals surface area contributed by atoms with Gasteiger partial charge in [-0.15, -0.1) is 0 Å². The number of hydrogen-bond donors (Lipinski definition) is 3. The SMILES string of the molecule is CCCCC/C=C\CCCCCCCC(=O)OCCCCCCCCCCCCCC/C=C\CCCCCCCCCCCCCCCCCCC(=O)NC(CO)C(O)CCCCCCCCCCC. The van der Waals surface area contributed by atoms with Crippen LogP contribution in [0.15, 0.2) is 24.3 Å². The van der Waals surface area contributed by atoms with Crippen LogP contribution in [0.2, 0.25) is 0 Å². The number of ether oxygens (including phenoxy) is 1. The fourth-order valence-corrected chi connectivity index (χ4v) is 9.87. The number of nitrogens with one attached hydrogen (secondary N) is 1. The number of unbranched alkanes of at least 4 members (excludes halogenated alkanes) is 44.